The van der Waals surface area contributed by atoms with E-state index in [0.717, 1.165) is 38.3 Å². The second-order valence-corrected chi connectivity index (χ2v) is 5.32. The Morgan fingerprint density at radius 2 is 1.71 bits per heavy atom. The predicted octanol–water partition coefficient (Wildman–Crippen LogP) is 1.51. The van der Waals surface area contributed by atoms with Crippen molar-refractivity contribution < 1.29 is 14.2 Å². The average molecular weight is 293 g/mol. The van der Waals surface area contributed by atoms with Crippen LogP contribution in [0.4, 0.5) is 0 Å². The smallest absolute Gasteiger partial charge is 0.203 e. The van der Waals surface area contributed by atoms with Crippen molar-refractivity contribution in [1.29, 1.82) is 0 Å². The molecule has 0 aromatic heterocycles. The molecule has 0 bridgehead atoms. The molecule has 1 aliphatic rings. The van der Waals surface area contributed by atoms with Crippen LogP contribution >= 0.6 is 0 Å². The number of benzene rings is 1. The predicted molar refractivity (Wildman–Crippen MR) is 83.4 cm³/mol. The van der Waals surface area contributed by atoms with Crippen molar-refractivity contribution in [1.82, 2.24) is 9.80 Å². The Labute approximate surface area is 127 Å². The van der Waals surface area contributed by atoms with Gasteiger partial charge in [-0.2, -0.15) is 0 Å². The molecule has 21 heavy (non-hydrogen) atoms. The van der Waals surface area contributed by atoms with Crippen LogP contribution in [0, 0.1) is 6.92 Å². The first kappa shape index (κ1) is 15.9. The van der Waals surface area contributed by atoms with E-state index in [4.69, 9.17) is 14.2 Å². The molecule has 1 saturated heterocycles. The molecule has 1 heterocycles. The Kier molecular flexibility index (Phi) is 5.70. The van der Waals surface area contributed by atoms with E-state index in [9.17, 15) is 0 Å². The molecule has 2 rings (SSSR count). The Morgan fingerprint density at radius 1 is 1.05 bits per heavy atom. The summed E-state index contributed by atoms with van der Waals surface area (Å²) in [5, 5.41) is 0. The number of nitrogens with zero attached hydrogens (tertiary/aromatic N) is 2. The first-order valence-corrected chi connectivity index (χ1v) is 7.25. The zero-order chi connectivity index (χ0) is 15.2. The number of likely N-dealkylation sites (N-methyl/N-ethyl adjacent to an activating group) is 1. The first-order chi connectivity index (χ1) is 10.1. The van der Waals surface area contributed by atoms with Crippen LogP contribution in [0.15, 0.2) is 12.1 Å². The minimum absolute atomic E-state index is 0.628. The van der Waals surface area contributed by atoms with Gasteiger partial charge in [-0.1, -0.05) is 0 Å². The summed E-state index contributed by atoms with van der Waals surface area (Å²) in [4.78, 5) is 4.76. The van der Waals surface area contributed by atoms with E-state index < -0.39 is 0 Å². The summed E-state index contributed by atoms with van der Waals surface area (Å²) in [6.07, 6.45) is 0. The average Bonchev–Trinajstić information content (AvgIpc) is 2.48. The summed E-state index contributed by atoms with van der Waals surface area (Å²) < 4.78 is 16.6. The van der Waals surface area contributed by atoms with E-state index in [0.29, 0.717) is 23.9 Å². The Morgan fingerprint density at radius 3 is 2.33 bits per heavy atom. The maximum absolute atomic E-state index is 5.88. The number of hydrogen-bond acceptors (Lipinski definition) is 5. The van der Waals surface area contributed by atoms with Gasteiger partial charge >= 0.3 is 0 Å². The van der Waals surface area contributed by atoms with Gasteiger partial charge in [-0.3, -0.25) is 4.90 Å². The summed E-state index contributed by atoms with van der Waals surface area (Å²) in [5.41, 5.74) is 0.849. The lowest BCUT2D eigenvalue weighted by atomic mass is 10.2. The number of hydrogen-bond donors (Lipinski definition) is 0. The van der Waals surface area contributed by atoms with E-state index in [1.165, 1.54) is 0 Å². The quantitative estimate of drug-likeness (QED) is 0.794. The minimum atomic E-state index is 0.628. The minimum Gasteiger partial charge on any atom is -0.493 e. The van der Waals surface area contributed by atoms with E-state index in [-0.39, 0.29) is 0 Å². The van der Waals surface area contributed by atoms with Crippen LogP contribution in [0.5, 0.6) is 17.2 Å². The molecule has 1 aromatic carbocycles. The van der Waals surface area contributed by atoms with E-state index in [2.05, 4.69) is 23.8 Å². The highest BCUT2D eigenvalue weighted by molar-refractivity contribution is 5.54. The molecule has 1 radical (unpaired) electrons. The van der Waals surface area contributed by atoms with E-state index >= 15 is 0 Å². The van der Waals surface area contributed by atoms with Crippen LogP contribution < -0.4 is 14.2 Å². The van der Waals surface area contributed by atoms with Crippen molar-refractivity contribution in [3.63, 3.8) is 0 Å². The molecule has 1 aliphatic heterocycles. The highest BCUT2D eigenvalue weighted by Gasteiger charge is 2.15. The van der Waals surface area contributed by atoms with Gasteiger partial charge in [0, 0.05) is 32.7 Å². The van der Waals surface area contributed by atoms with Crippen LogP contribution in [0.1, 0.15) is 5.56 Å². The summed E-state index contributed by atoms with van der Waals surface area (Å²) in [6, 6.07) is 3.72. The molecule has 0 N–H and O–H groups in total. The van der Waals surface area contributed by atoms with Gasteiger partial charge < -0.3 is 19.1 Å². The molecule has 5 heteroatoms. The normalized spacial score (nSPS) is 16.8. The lowest BCUT2D eigenvalue weighted by Crippen LogP contribution is -2.45. The first-order valence-electron chi connectivity index (χ1n) is 7.25. The summed E-state index contributed by atoms with van der Waals surface area (Å²) in [6.45, 7) is 9.91. The van der Waals surface area contributed by atoms with Gasteiger partial charge in [0.1, 0.15) is 6.61 Å². The molecule has 0 amide bonds. The fourth-order valence-electron chi connectivity index (χ4n) is 2.45. The molecular weight excluding hydrogens is 268 g/mol. The van der Waals surface area contributed by atoms with Crippen LogP contribution in [0.25, 0.3) is 0 Å². The molecule has 0 spiro atoms. The van der Waals surface area contributed by atoms with Crippen molar-refractivity contribution in [3.8, 4) is 17.2 Å². The Bertz CT molecular complexity index is 457. The molecule has 0 unspecified atom stereocenters. The van der Waals surface area contributed by atoms with Crippen molar-refractivity contribution in [2.45, 2.75) is 0 Å². The standard InChI is InChI=1S/C16H25N2O3/c1-13-11-14(19-3)16(20-4)15(12-13)21-10-9-18-7-5-17(2)6-8-18/h11-12H,1,5-10H2,2-4H3. The Balaban J connectivity index is 1.92. The highest BCUT2D eigenvalue weighted by Crippen LogP contribution is 2.38. The topological polar surface area (TPSA) is 34.2 Å². The Hall–Kier alpha value is -1.46. The summed E-state index contributed by atoms with van der Waals surface area (Å²) in [7, 11) is 5.39. The monoisotopic (exact) mass is 293 g/mol. The number of piperazine rings is 1. The van der Waals surface area contributed by atoms with Gasteiger partial charge in [0.2, 0.25) is 5.75 Å². The third-order valence-electron chi connectivity index (χ3n) is 3.77. The largest absolute Gasteiger partial charge is 0.493 e. The fraction of sp³-hybridized carbons (Fsp3) is 0.562. The number of ether oxygens (including phenoxy) is 3. The van der Waals surface area contributed by atoms with Crippen molar-refractivity contribution in [3.05, 3.63) is 24.6 Å². The van der Waals surface area contributed by atoms with Crippen molar-refractivity contribution in [2.24, 2.45) is 0 Å². The summed E-state index contributed by atoms with van der Waals surface area (Å²) in [5.74, 6) is 1.97. The molecule has 0 aliphatic carbocycles. The maximum Gasteiger partial charge on any atom is 0.203 e. The molecular formula is C16H25N2O3. The van der Waals surface area contributed by atoms with Crippen LogP contribution in [0.3, 0.4) is 0 Å². The third-order valence-corrected chi connectivity index (χ3v) is 3.77. The van der Waals surface area contributed by atoms with Gasteiger partial charge in [0.05, 0.1) is 14.2 Å². The van der Waals surface area contributed by atoms with Gasteiger partial charge in [-0.15, -0.1) is 0 Å². The van der Waals surface area contributed by atoms with Crippen molar-refractivity contribution in [2.75, 3.05) is 60.6 Å². The van der Waals surface area contributed by atoms with Gasteiger partial charge in [0.25, 0.3) is 0 Å². The number of rotatable bonds is 6. The zero-order valence-electron chi connectivity index (χ0n) is 13.2. The third kappa shape index (κ3) is 4.25. The van der Waals surface area contributed by atoms with Crippen molar-refractivity contribution >= 4 is 0 Å². The molecule has 0 saturated carbocycles. The fourth-order valence-corrected chi connectivity index (χ4v) is 2.45. The SMILES string of the molecule is [CH2]c1cc(OC)c(OC)c(OCCN2CCN(C)CC2)c1. The highest BCUT2D eigenvalue weighted by atomic mass is 16.5. The van der Waals surface area contributed by atoms with E-state index in [1.807, 2.05) is 12.1 Å². The van der Waals surface area contributed by atoms with Gasteiger partial charge in [0.15, 0.2) is 11.5 Å². The molecule has 0 atom stereocenters. The maximum atomic E-state index is 5.88. The lowest BCUT2D eigenvalue weighted by molar-refractivity contribution is 0.132. The summed E-state index contributed by atoms with van der Waals surface area (Å²) >= 11 is 0. The second-order valence-electron chi connectivity index (χ2n) is 5.32. The number of methoxy groups -OCH3 is 2. The molecule has 1 fully saturated rings. The van der Waals surface area contributed by atoms with E-state index in [1.54, 1.807) is 14.2 Å². The van der Waals surface area contributed by atoms with Crippen LogP contribution in [0.2, 0.25) is 0 Å². The van der Waals surface area contributed by atoms with Crippen LogP contribution in [-0.4, -0.2) is 70.4 Å². The lowest BCUT2D eigenvalue weighted by Gasteiger charge is -2.32. The molecule has 5 nitrogen and oxygen atoms in total. The van der Waals surface area contributed by atoms with Crippen LogP contribution in [-0.2, 0) is 0 Å². The zero-order valence-corrected chi connectivity index (χ0v) is 13.2. The van der Waals surface area contributed by atoms with Gasteiger partial charge in [-0.05, 0) is 31.7 Å². The second kappa shape index (κ2) is 7.52. The molecule has 117 valence electrons. The van der Waals surface area contributed by atoms with Gasteiger partial charge in [-0.25, -0.2) is 0 Å². The molecule has 1 aromatic rings.